The van der Waals surface area contributed by atoms with Gasteiger partial charge in [-0.1, -0.05) is 52.3 Å². The molecular weight excluding hydrogens is 458 g/mol. The van der Waals surface area contributed by atoms with Crippen LogP contribution < -0.4 is 18.9 Å². The Kier molecular flexibility index (Phi) is 5.38. The van der Waals surface area contributed by atoms with Gasteiger partial charge in [0.25, 0.3) is 0 Å². The molecule has 0 saturated carbocycles. The van der Waals surface area contributed by atoms with Crippen molar-refractivity contribution in [1.82, 2.24) is 4.98 Å². The SMILES string of the molecule is COc1ccc2ccnc(Cc3cc4c(cc3Br)OCO4)c2c1OCc1ccccc1. The van der Waals surface area contributed by atoms with Gasteiger partial charge in [0.05, 0.1) is 12.8 Å². The van der Waals surface area contributed by atoms with Crippen LogP contribution in [0.4, 0.5) is 0 Å². The minimum Gasteiger partial charge on any atom is -0.493 e. The van der Waals surface area contributed by atoms with E-state index >= 15 is 0 Å². The van der Waals surface area contributed by atoms with E-state index in [4.69, 9.17) is 23.9 Å². The van der Waals surface area contributed by atoms with E-state index in [1.165, 1.54) is 0 Å². The summed E-state index contributed by atoms with van der Waals surface area (Å²) in [4.78, 5) is 4.70. The quantitative estimate of drug-likeness (QED) is 0.345. The number of rotatable bonds is 6. The first-order valence-corrected chi connectivity index (χ1v) is 10.7. The maximum atomic E-state index is 6.29. The summed E-state index contributed by atoms with van der Waals surface area (Å²) in [6.45, 7) is 0.685. The zero-order valence-electron chi connectivity index (χ0n) is 16.9. The normalized spacial score (nSPS) is 12.2. The van der Waals surface area contributed by atoms with Crippen LogP contribution in [0.3, 0.4) is 0 Å². The third-order valence-corrected chi connectivity index (χ3v) is 6.01. The lowest BCUT2D eigenvalue weighted by molar-refractivity contribution is 0.174. The summed E-state index contributed by atoms with van der Waals surface area (Å²) in [5.41, 5.74) is 3.05. The summed E-state index contributed by atoms with van der Waals surface area (Å²) >= 11 is 3.66. The molecule has 6 heteroatoms. The Labute approximate surface area is 188 Å². The molecule has 31 heavy (non-hydrogen) atoms. The molecule has 4 aromatic rings. The van der Waals surface area contributed by atoms with Crippen LogP contribution >= 0.6 is 15.9 Å². The topological polar surface area (TPSA) is 49.8 Å². The van der Waals surface area contributed by atoms with E-state index in [1.807, 2.05) is 66.9 Å². The fourth-order valence-electron chi connectivity index (χ4n) is 3.73. The molecule has 0 amide bonds. The van der Waals surface area contributed by atoms with Gasteiger partial charge in [0.15, 0.2) is 23.0 Å². The standard InChI is InChI=1S/C25H20BrNO4/c1-28-21-8-7-17-9-10-27-20(11-18-12-22-23(13-19(18)26)31-15-30-22)24(17)25(21)29-14-16-5-3-2-4-6-16/h2-10,12-13H,11,14-15H2,1H3. The van der Waals surface area contributed by atoms with Crippen LogP contribution in [0, 0.1) is 0 Å². The highest BCUT2D eigenvalue weighted by molar-refractivity contribution is 9.10. The van der Waals surface area contributed by atoms with Crippen molar-refractivity contribution in [2.45, 2.75) is 13.0 Å². The van der Waals surface area contributed by atoms with E-state index in [0.717, 1.165) is 43.6 Å². The molecule has 1 aromatic heterocycles. The zero-order valence-corrected chi connectivity index (χ0v) is 18.5. The van der Waals surface area contributed by atoms with Crippen LogP contribution in [0.1, 0.15) is 16.8 Å². The van der Waals surface area contributed by atoms with Gasteiger partial charge in [-0.05, 0) is 40.8 Å². The second kappa shape index (κ2) is 8.47. The number of ether oxygens (including phenoxy) is 4. The molecule has 0 bridgehead atoms. The van der Waals surface area contributed by atoms with Gasteiger partial charge < -0.3 is 18.9 Å². The zero-order chi connectivity index (χ0) is 21.2. The lowest BCUT2D eigenvalue weighted by atomic mass is 10.0. The van der Waals surface area contributed by atoms with Crippen LogP contribution in [-0.4, -0.2) is 18.9 Å². The highest BCUT2D eigenvalue weighted by atomic mass is 79.9. The average Bonchev–Trinajstić information content (AvgIpc) is 3.25. The highest BCUT2D eigenvalue weighted by Gasteiger charge is 2.19. The van der Waals surface area contributed by atoms with E-state index in [9.17, 15) is 0 Å². The molecule has 0 aliphatic carbocycles. The van der Waals surface area contributed by atoms with E-state index in [1.54, 1.807) is 7.11 Å². The van der Waals surface area contributed by atoms with Crippen LogP contribution in [0.2, 0.25) is 0 Å². The Balaban J connectivity index is 1.57. The summed E-state index contributed by atoms with van der Waals surface area (Å²) in [7, 11) is 1.65. The van der Waals surface area contributed by atoms with Gasteiger partial charge in [0.1, 0.15) is 6.61 Å². The first kappa shape index (κ1) is 19.7. The molecule has 2 heterocycles. The van der Waals surface area contributed by atoms with Crippen molar-refractivity contribution in [3.8, 4) is 23.0 Å². The Morgan fingerprint density at radius 3 is 2.61 bits per heavy atom. The number of aromatic nitrogens is 1. The number of hydrogen-bond donors (Lipinski definition) is 0. The fraction of sp³-hybridized carbons (Fsp3) is 0.160. The molecule has 1 aliphatic rings. The van der Waals surface area contributed by atoms with Gasteiger partial charge in [-0.2, -0.15) is 0 Å². The number of benzene rings is 3. The monoisotopic (exact) mass is 477 g/mol. The lowest BCUT2D eigenvalue weighted by Gasteiger charge is -2.16. The number of methoxy groups -OCH3 is 1. The predicted octanol–water partition coefficient (Wildman–Crippen LogP) is 5.90. The molecule has 5 rings (SSSR count). The number of hydrogen-bond acceptors (Lipinski definition) is 5. The maximum Gasteiger partial charge on any atom is 0.231 e. The molecule has 0 unspecified atom stereocenters. The molecule has 0 radical (unpaired) electrons. The Morgan fingerprint density at radius 1 is 1.00 bits per heavy atom. The Hall–Kier alpha value is -3.25. The number of nitrogens with zero attached hydrogens (tertiary/aromatic N) is 1. The summed E-state index contributed by atoms with van der Waals surface area (Å²) in [6, 6.07) is 20.0. The summed E-state index contributed by atoms with van der Waals surface area (Å²) in [5.74, 6) is 2.87. The molecular formula is C25H20BrNO4. The molecule has 5 nitrogen and oxygen atoms in total. The number of fused-ring (bicyclic) bond motifs is 2. The van der Waals surface area contributed by atoms with Gasteiger partial charge in [-0.25, -0.2) is 0 Å². The van der Waals surface area contributed by atoms with Gasteiger partial charge in [-0.15, -0.1) is 0 Å². The molecule has 0 N–H and O–H groups in total. The average molecular weight is 478 g/mol. The second-order valence-corrected chi connectivity index (χ2v) is 8.05. The molecule has 3 aromatic carbocycles. The van der Waals surface area contributed by atoms with Crippen molar-refractivity contribution in [1.29, 1.82) is 0 Å². The van der Waals surface area contributed by atoms with Crippen LogP contribution in [0.25, 0.3) is 10.8 Å². The van der Waals surface area contributed by atoms with Crippen molar-refractivity contribution in [3.05, 3.63) is 88.2 Å². The lowest BCUT2D eigenvalue weighted by Crippen LogP contribution is -2.02. The Bertz CT molecular complexity index is 1240. The minimum atomic E-state index is 0.242. The van der Waals surface area contributed by atoms with Crippen molar-refractivity contribution in [3.63, 3.8) is 0 Å². The van der Waals surface area contributed by atoms with E-state index in [-0.39, 0.29) is 6.79 Å². The van der Waals surface area contributed by atoms with Crippen molar-refractivity contribution >= 4 is 26.7 Å². The molecule has 0 fully saturated rings. The van der Waals surface area contributed by atoms with Crippen molar-refractivity contribution in [2.24, 2.45) is 0 Å². The summed E-state index contributed by atoms with van der Waals surface area (Å²) in [6.07, 6.45) is 2.43. The Morgan fingerprint density at radius 2 is 1.81 bits per heavy atom. The smallest absolute Gasteiger partial charge is 0.231 e. The van der Waals surface area contributed by atoms with Crippen molar-refractivity contribution < 1.29 is 18.9 Å². The third-order valence-electron chi connectivity index (χ3n) is 5.27. The van der Waals surface area contributed by atoms with Crippen LogP contribution in [0.5, 0.6) is 23.0 Å². The van der Waals surface area contributed by atoms with Gasteiger partial charge in [-0.3, -0.25) is 4.98 Å². The van der Waals surface area contributed by atoms with Gasteiger partial charge in [0.2, 0.25) is 6.79 Å². The third kappa shape index (κ3) is 3.91. The molecule has 0 saturated heterocycles. The summed E-state index contributed by atoms with van der Waals surface area (Å²) in [5, 5.41) is 1.99. The first-order chi connectivity index (χ1) is 15.2. The maximum absolute atomic E-state index is 6.29. The van der Waals surface area contributed by atoms with E-state index < -0.39 is 0 Å². The van der Waals surface area contributed by atoms with Crippen LogP contribution in [0.15, 0.2) is 71.3 Å². The van der Waals surface area contributed by atoms with E-state index in [2.05, 4.69) is 15.9 Å². The fourth-order valence-corrected chi connectivity index (χ4v) is 4.19. The van der Waals surface area contributed by atoms with Gasteiger partial charge in [0, 0.05) is 22.5 Å². The minimum absolute atomic E-state index is 0.242. The molecule has 0 atom stereocenters. The predicted molar refractivity (Wildman–Crippen MR) is 122 cm³/mol. The summed E-state index contributed by atoms with van der Waals surface area (Å²) < 4.78 is 23.9. The molecule has 1 aliphatic heterocycles. The highest BCUT2D eigenvalue weighted by Crippen LogP contribution is 2.41. The largest absolute Gasteiger partial charge is 0.493 e. The van der Waals surface area contributed by atoms with Crippen LogP contribution in [-0.2, 0) is 13.0 Å². The number of pyridine rings is 1. The van der Waals surface area contributed by atoms with Gasteiger partial charge >= 0.3 is 0 Å². The second-order valence-electron chi connectivity index (χ2n) is 7.20. The molecule has 156 valence electrons. The first-order valence-electron chi connectivity index (χ1n) is 9.92. The molecule has 0 spiro atoms. The van der Waals surface area contributed by atoms with Crippen molar-refractivity contribution in [2.75, 3.05) is 13.9 Å². The number of halogens is 1. The van der Waals surface area contributed by atoms with E-state index in [0.29, 0.717) is 24.5 Å².